The normalized spacial score (nSPS) is 18.3. The lowest BCUT2D eigenvalue weighted by Crippen LogP contribution is -2.14. The molecule has 0 amide bonds. The van der Waals surface area contributed by atoms with Crippen molar-refractivity contribution in [3.63, 3.8) is 0 Å². The second-order valence-electron chi connectivity index (χ2n) is 5.55. The van der Waals surface area contributed by atoms with Gasteiger partial charge in [-0.25, -0.2) is 4.79 Å². The summed E-state index contributed by atoms with van der Waals surface area (Å²) in [6, 6.07) is 0. The first kappa shape index (κ1) is 18.1. The van der Waals surface area contributed by atoms with E-state index in [0.717, 1.165) is 45.1 Å². The first-order valence-corrected chi connectivity index (χ1v) is 7.99. The van der Waals surface area contributed by atoms with Crippen molar-refractivity contribution in [3.05, 3.63) is 0 Å². The number of rotatable bonds is 13. The van der Waals surface area contributed by atoms with Crippen LogP contribution in [0.25, 0.3) is 0 Å². The Kier molecular flexibility index (Phi) is 9.26. The third-order valence-electron chi connectivity index (χ3n) is 3.67. The van der Waals surface area contributed by atoms with Gasteiger partial charge in [0.25, 0.3) is 0 Å². The van der Waals surface area contributed by atoms with Gasteiger partial charge in [-0.1, -0.05) is 12.8 Å². The molecule has 0 bridgehead atoms. The largest absolute Gasteiger partial charge is 0.464 e. The van der Waals surface area contributed by atoms with Crippen LogP contribution >= 0.6 is 0 Å². The zero-order valence-electron chi connectivity index (χ0n) is 13.3. The summed E-state index contributed by atoms with van der Waals surface area (Å²) in [5, 5.41) is 0. The molecule has 0 aromatic carbocycles. The zero-order chi connectivity index (χ0) is 15.5. The van der Waals surface area contributed by atoms with Crippen LogP contribution in [-0.4, -0.2) is 44.3 Å². The molecule has 5 nitrogen and oxygen atoms in total. The Bertz CT molecular complexity index is 312. The van der Waals surface area contributed by atoms with Crippen molar-refractivity contribution in [1.82, 2.24) is 0 Å². The first-order valence-electron chi connectivity index (χ1n) is 7.99. The smallest absolute Gasteiger partial charge is 0.332 e. The van der Waals surface area contributed by atoms with Gasteiger partial charge in [0, 0.05) is 12.5 Å². The molecule has 1 heterocycles. The number of epoxide rings is 1. The van der Waals surface area contributed by atoms with Crippen LogP contribution in [0.1, 0.15) is 52.4 Å². The molecule has 2 atom stereocenters. The average Bonchev–Trinajstić information content (AvgIpc) is 3.24. The maximum absolute atomic E-state index is 11.6. The fourth-order valence-corrected chi connectivity index (χ4v) is 2.33. The average molecular weight is 300 g/mol. The molecule has 5 heteroatoms. The van der Waals surface area contributed by atoms with Crippen molar-refractivity contribution in [1.29, 1.82) is 0 Å². The molecule has 1 rings (SSSR count). The van der Waals surface area contributed by atoms with E-state index in [2.05, 4.69) is 0 Å². The summed E-state index contributed by atoms with van der Waals surface area (Å²) < 4.78 is 15.2. The Hall–Kier alpha value is -0.940. The molecule has 0 radical (unpaired) electrons. The van der Waals surface area contributed by atoms with Crippen molar-refractivity contribution in [3.8, 4) is 0 Å². The van der Waals surface area contributed by atoms with Gasteiger partial charge < -0.3 is 14.2 Å². The number of hydrogen-bond donors (Lipinski definition) is 0. The molecule has 0 saturated carbocycles. The molecule has 1 aliphatic heterocycles. The summed E-state index contributed by atoms with van der Waals surface area (Å²) in [6.45, 7) is 5.28. The van der Waals surface area contributed by atoms with E-state index in [1.807, 2.05) is 0 Å². The van der Waals surface area contributed by atoms with Crippen LogP contribution in [0, 0.1) is 5.92 Å². The monoisotopic (exact) mass is 300 g/mol. The molecule has 0 aromatic heterocycles. The third-order valence-corrected chi connectivity index (χ3v) is 3.67. The Balaban J connectivity index is 1.98. The topological polar surface area (TPSA) is 65.1 Å². The van der Waals surface area contributed by atoms with Gasteiger partial charge in [-0.15, -0.1) is 0 Å². The van der Waals surface area contributed by atoms with Crippen LogP contribution in [0.5, 0.6) is 0 Å². The van der Waals surface area contributed by atoms with E-state index in [1.165, 1.54) is 0 Å². The second-order valence-corrected chi connectivity index (χ2v) is 5.55. The first-order chi connectivity index (χ1) is 10.1. The summed E-state index contributed by atoms with van der Waals surface area (Å²) in [4.78, 5) is 22.6. The van der Waals surface area contributed by atoms with E-state index in [-0.39, 0.29) is 24.3 Å². The minimum atomic E-state index is -0.318. The molecule has 122 valence electrons. The molecule has 0 N–H and O–H groups in total. The van der Waals surface area contributed by atoms with E-state index in [9.17, 15) is 9.59 Å². The standard InChI is InChI=1S/C16H28O5/c1-3-20-16(18)12-19-10-5-4-7-14(13(2)17)8-6-9-15-11-21-15/h14-15H,3-12H2,1-2H3. The number of Topliss-reactive ketones (excluding diaryl/α,β-unsaturated/α-hetero) is 1. The number of esters is 1. The predicted octanol–water partition coefficient (Wildman–Crippen LogP) is 2.51. The SMILES string of the molecule is CCOC(=O)COCCCCC(CCCC1CO1)C(C)=O. The van der Waals surface area contributed by atoms with E-state index >= 15 is 0 Å². The van der Waals surface area contributed by atoms with Gasteiger partial charge in [0.1, 0.15) is 12.4 Å². The number of carbonyl (C=O) groups excluding carboxylic acids is 2. The summed E-state index contributed by atoms with van der Waals surface area (Å²) in [7, 11) is 0. The Labute approximate surface area is 127 Å². The predicted molar refractivity (Wildman–Crippen MR) is 79.1 cm³/mol. The molecule has 1 saturated heterocycles. The molecule has 2 unspecified atom stereocenters. The van der Waals surface area contributed by atoms with Crippen LogP contribution in [0.15, 0.2) is 0 Å². The highest BCUT2D eigenvalue weighted by molar-refractivity contribution is 5.78. The second kappa shape index (κ2) is 10.7. The van der Waals surface area contributed by atoms with Gasteiger partial charge in [-0.05, 0) is 39.5 Å². The van der Waals surface area contributed by atoms with Crippen LogP contribution in [0.2, 0.25) is 0 Å². The molecular formula is C16H28O5. The van der Waals surface area contributed by atoms with Crippen LogP contribution in [-0.2, 0) is 23.8 Å². The summed E-state index contributed by atoms with van der Waals surface area (Å²) >= 11 is 0. The highest BCUT2D eigenvalue weighted by Gasteiger charge is 2.22. The van der Waals surface area contributed by atoms with Gasteiger partial charge in [-0.3, -0.25) is 4.79 Å². The van der Waals surface area contributed by atoms with Crippen molar-refractivity contribution in [2.75, 3.05) is 26.4 Å². The lowest BCUT2D eigenvalue weighted by Gasteiger charge is -2.13. The van der Waals surface area contributed by atoms with Crippen LogP contribution in [0.4, 0.5) is 0 Å². The highest BCUT2D eigenvalue weighted by Crippen LogP contribution is 2.22. The van der Waals surface area contributed by atoms with E-state index < -0.39 is 0 Å². The van der Waals surface area contributed by atoms with Gasteiger partial charge in [0.05, 0.1) is 19.3 Å². The third kappa shape index (κ3) is 9.58. The maximum Gasteiger partial charge on any atom is 0.332 e. The molecule has 21 heavy (non-hydrogen) atoms. The fraction of sp³-hybridized carbons (Fsp3) is 0.875. The Morgan fingerprint density at radius 3 is 2.57 bits per heavy atom. The van der Waals surface area contributed by atoms with Gasteiger partial charge in [-0.2, -0.15) is 0 Å². The summed E-state index contributed by atoms with van der Waals surface area (Å²) in [5.41, 5.74) is 0. The van der Waals surface area contributed by atoms with Gasteiger partial charge >= 0.3 is 5.97 Å². The van der Waals surface area contributed by atoms with Crippen LogP contribution in [0.3, 0.4) is 0 Å². The molecule has 0 spiro atoms. The molecule has 1 aliphatic rings. The van der Waals surface area contributed by atoms with Gasteiger partial charge in [0.2, 0.25) is 0 Å². The minimum absolute atomic E-state index is 0.0192. The summed E-state index contributed by atoms with van der Waals surface area (Å²) in [6.07, 6.45) is 6.28. The molecule has 0 aromatic rings. The van der Waals surface area contributed by atoms with E-state index in [1.54, 1.807) is 13.8 Å². The molecular weight excluding hydrogens is 272 g/mol. The number of ether oxygens (including phenoxy) is 3. The highest BCUT2D eigenvalue weighted by atomic mass is 16.6. The lowest BCUT2D eigenvalue weighted by atomic mass is 9.92. The Morgan fingerprint density at radius 2 is 1.95 bits per heavy atom. The number of hydrogen-bond acceptors (Lipinski definition) is 5. The van der Waals surface area contributed by atoms with Crippen LogP contribution < -0.4 is 0 Å². The minimum Gasteiger partial charge on any atom is -0.464 e. The quantitative estimate of drug-likeness (QED) is 0.297. The number of carbonyl (C=O) groups is 2. The van der Waals surface area contributed by atoms with Crippen molar-refractivity contribution >= 4 is 11.8 Å². The van der Waals surface area contributed by atoms with E-state index in [4.69, 9.17) is 14.2 Å². The maximum atomic E-state index is 11.6. The molecule has 1 fully saturated rings. The fourth-order valence-electron chi connectivity index (χ4n) is 2.33. The zero-order valence-corrected chi connectivity index (χ0v) is 13.3. The van der Waals surface area contributed by atoms with Crippen molar-refractivity contribution in [2.24, 2.45) is 5.92 Å². The number of ketones is 1. The van der Waals surface area contributed by atoms with Crippen molar-refractivity contribution in [2.45, 2.75) is 58.5 Å². The Morgan fingerprint density at radius 1 is 1.24 bits per heavy atom. The number of unbranched alkanes of at least 4 members (excludes halogenated alkanes) is 1. The van der Waals surface area contributed by atoms with E-state index in [0.29, 0.717) is 19.3 Å². The lowest BCUT2D eigenvalue weighted by molar-refractivity contribution is -0.148. The molecule has 0 aliphatic carbocycles. The van der Waals surface area contributed by atoms with Crippen molar-refractivity contribution < 1.29 is 23.8 Å². The summed E-state index contributed by atoms with van der Waals surface area (Å²) in [5.74, 6) is 0.120. The van der Waals surface area contributed by atoms with Gasteiger partial charge in [0.15, 0.2) is 0 Å².